The summed E-state index contributed by atoms with van der Waals surface area (Å²) in [7, 11) is 1.45. The number of aliphatic imine (C=N–C) groups is 1. The topological polar surface area (TPSA) is 132 Å². The number of nitrogens with two attached hydrogens (primary N) is 1. The second kappa shape index (κ2) is 10.2. The fourth-order valence-electron chi connectivity index (χ4n) is 4.27. The molecule has 0 radical (unpaired) electrons. The van der Waals surface area contributed by atoms with Crippen molar-refractivity contribution >= 4 is 46.9 Å². The van der Waals surface area contributed by atoms with Crippen molar-refractivity contribution in [3.05, 3.63) is 65.9 Å². The summed E-state index contributed by atoms with van der Waals surface area (Å²) in [6, 6.07) is 4.37. The maximum atomic E-state index is 15.3. The van der Waals surface area contributed by atoms with Crippen LogP contribution in [0.25, 0.3) is 0 Å². The largest absolute Gasteiger partial charge is 0.480 e. The smallest absolute Gasteiger partial charge is 0.275 e. The molecule has 10 nitrogen and oxygen atoms in total. The van der Waals surface area contributed by atoms with E-state index in [4.69, 9.17) is 10.5 Å². The van der Waals surface area contributed by atoms with Crippen LogP contribution < -0.4 is 20.7 Å². The monoisotopic (exact) mass is 534 g/mol. The lowest BCUT2D eigenvalue weighted by Gasteiger charge is -2.36. The maximum absolute atomic E-state index is 15.3. The molecule has 1 saturated heterocycles. The van der Waals surface area contributed by atoms with Crippen LogP contribution in [0.3, 0.4) is 0 Å². The molecule has 1 fully saturated rings. The van der Waals surface area contributed by atoms with Gasteiger partial charge in [0.15, 0.2) is 11.0 Å². The first kappa shape index (κ1) is 25.5. The molecule has 188 valence electrons. The molecule has 4 heterocycles. The Bertz CT molecular complexity index is 1300. The van der Waals surface area contributed by atoms with Gasteiger partial charge in [0.1, 0.15) is 11.5 Å². The van der Waals surface area contributed by atoms with Gasteiger partial charge >= 0.3 is 0 Å². The van der Waals surface area contributed by atoms with E-state index < -0.39 is 22.3 Å². The molecule has 2 aliphatic heterocycles. The lowest BCUT2D eigenvalue weighted by molar-refractivity contribution is 0.102. The standard InChI is InChI=1S/C22H20F2N8O2S.ClH/c1-34-18-9-26-17(8-27-18)19(33)31-14-2-3-16(24)15(4-14)22-11-32(21-29-6-13(23)7-30-21)10-12(22)5-28-20(25)35-22;/h2-4,6-9,12H,5,10-11H2,1H3,(H2,25,28)(H,31,33);1H/t12-,22-;/m0./s1. The van der Waals surface area contributed by atoms with E-state index in [-0.39, 0.29) is 29.9 Å². The zero-order valence-electron chi connectivity index (χ0n) is 18.9. The van der Waals surface area contributed by atoms with E-state index in [1.807, 2.05) is 4.90 Å². The van der Waals surface area contributed by atoms with Crippen LogP contribution >= 0.6 is 24.2 Å². The van der Waals surface area contributed by atoms with Crippen LogP contribution in [0, 0.1) is 17.6 Å². The molecule has 2 atom stereocenters. The van der Waals surface area contributed by atoms with Crippen LogP contribution in [0.2, 0.25) is 0 Å². The summed E-state index contributed by atoms with van der Waals surface area (Å²) in [6.07, 6.45) is 4.81. The Labute approximate surface area is 215 Å². The van der Waals surface area contributed by atoms with Gasteiger partial charge in [-0.3, -0.25) is 9.79 Å². The number of methoxy groups -OCH3 is 1. The number of ether oxygens (including phenoxy) is 1. The van der Waals surface area contributed by atoms with Crippen molar-refractivity contribution in [1.29, 1.82) is 0 Å². The van der Waals surface area contributed by atoms with Gasteiger partial charge < -0.3 is 20.7 Å². The van der Waals surface area contributed by atoms with E-state index in [0.717, 1.165) is 12.4 Å². The fourth-order valence-corrected chi connectivity index (χ4v) is 5.59. The van der Waals surface area contributed by atoms with Crippen molar-refractivity contribution in [2.75, 3.05) is 37.0 Å². The zero-order valence-corrected chi connectivity index (χ0v) is 20.5. The molecule has 0 bridgehead atoms. The number of aromatic nitrogens is 4. The minimum Gasteiger partial charge on any atom is -0.480 e. The molecule has 0 aliphatic carbocycles. The molecule has 1 amide bonds. The number of nitrogens with zero attached hydrogens (tertiary/aromatic N) is 6. The summed E-state index contributed by atoms with van der Waals surface area (Å²) in [6.45, 7) is 1.18. The van der Waals surface area contributed by atoms with Crippen molar-refractivity contribution in [3.63, 3.8) is 0 Å². The number of nitrogens with one attached hydrogen (secondary N) is 1. The van der Waals surface area contributed by atoms with Crippen molar-refractivity contribution in [2.45, 2.75) is 4.75 Å². The minimum absolute atomic E-state index is 0. The highest BCUT2D eigenvalue weighted by Crippen LogP contribution is 2.52. The molecule has 5 rings (SSSR count). The maximum Gasteiger partial charge on any atom is 0.275 e. The normalized spacial score (nSPS) is 20.7. The van der Waals surface area contributed by atoms with Gasteiger partial charge in [-0.2, -0.15) is 0 Å². The van der Waals surface area contributed by atoms with E-state index in [9.17, 15) is 9.18 Å². The molecule has 36 heavy (non-hydrogen) atoms. The summed E-state index contributed by atoms with van der Waals surface area (Å²) in [5.74, 6) is -1.000. The molecule has 3 aromatic rings. The van der Waals surface area contributed by atoms with Crippen LogP contribution in [0.4, 0.5) is 20.4 Å². The Morgan fingerprint density at radius 1 is 1.19 bits per heavy atom. The van der Waals surface area contributed by atoms with Gasteiger partial charge in [-0.05, 0) is 18.2 Å². The molecular formula is C22H21ClF2N8O2S. The first-order valence-electron chi connectivity index (χ1n) is 10.6. The van der Waals surface area contributed by atoms with E-state index in [2.05, 4.69) is 30.2 Å². The van der Waals surface area contributed by atoms with E-state index >= 15 is 4.39 Å². The number of hydrogen-bond acceptors (Lipinski definition) is 10. The second-order valence-corrected chi connectivity index (χ2v) is 9.39. The first-order chi connectivity index (χ1) is 16.9. The van der Waals surface area contributed by atoms with E-state index in [1.165, 1.54) is 43.4 Å². The van der Waals surface area contributed by atoms with Crippen LogP contribution in [0.5, 0.6) is 5.88 Å². The Morgan fingerprint density at radius 2 is 1.97 bits per heavy atom. The van der Waals surface area contributed by atoms with Gasteiger partial charge in [-0.15, -0.1) is 12.4 Å². The quantitative estimate of drug-likeness (QED) is 0.507. The SMILES string of the molecule is COc1cnc(C(=O)Nc2ccc(F)c([C@]34CN(c5ncc(F)cn5)C[C@@H]3CN=C(N)S4)c2)cn1.Cl. The van der Waals surface area contributed by atoms with Crippen molar-refractivity contribution in [1.82, 2.24) is 19.9 Å². The third-order valence-electron chi connectivity index (χ3n) is 5.92. The lowest BCUT2D eigenvalue weighted by atomic mass is 9.87. The van der Waals surface area contributed by atoms with Crippen LogP contribution in [0.15, 0.2) is 48.0 Å². The third-order valence-corrected chi connectivity index (χ3v) is 7.30. The van der Waals surface area contributed by atoms with Gasteiger partial charge in [0.05, 0.1) is 36.6 Å². The number of halogens is 3. The number of fused-ring (bicyclic) bond motifs is 1. The summed E-state index contributed by atoms with van der Waals surface area (Å²) in [5.41, 5.74) is 6.92. The molecular weight excluding hydrogens is 514 g/mol. The molecule has 0 spiro atoms. The van der Waals surface area contributed by atoms with Gasteiger partial charge in [0, 0.05) is 36.8 Å². The molecule has 3 N–H and O–H groups in total. The zero-order chi connectivity index (χ0) is 24.6. The number of hydrogen-bond donors (Lipinski definition) is 2. The highest BCUT2D eigenvalue weighted by atomic mass is 35.5. The van der Waals surface area contributed by atoms with Crippen molar-refractivity contribution < 1.29 is 18.3 Å². The molecule has 14 heteroatoms. The van der Waals surface area contributed by atoms with Crippen molar-refractivity contribution in [2.24, 2.45) is 16.6 Å². The Hall–Kier alpha value is -3.58. The van der Waals surface area contributed by atoms with E-state index in [1.54, 1.807) is 6.07 Å². The van der Waals surface area contributed by atoms with Gasteiger partial charge in [-0.25, -0.2) is 28.7 Å². The molecule has 2 aromatic heterocycles. The van der Waals surface area contributed by atoms with Crippen LogP contribution in [-0.2, 0) is 4.75 Å². The predicted octanol–water partition coefficient (Wildman–Crippen LogP) is 2.62. The summed E-state index contributed by atoms with van der Waals surface area (Å²) in [5, 5.41) is 3.08. The van der Waals surface area contributed by atoms with Crippen LogP contribution in [0.1, 0.15) is 16.1 Å². The number of thioether (sulfide) groups is 1. The number of rotatable bonds is 5. The fraction of sp³-hybridized carbons (Fsp3) is 0.273. The second-order valence-electron chi connectivity index (χ2n) is 8.04. The van der Waals surface area contributed by atoms with Gasteiger partial charge in [0.2, 0.25) is 11.8 Å². The first-order valence-corrected chi connectivity index (χ1v) is 11.4. The van der Waals surface area contributed by atoms with Crippen LogP contribution in [-0.4, -0.2) is 57.8 Å². The molecule has 2 aliphatic rings. The molecule has 0 saturated carbocycles. The molecule has 0 unspecified atom stereocenters. The molecule has 1 aromatic carbocycles. The van der Waals surface area contributed by atoms with Gasteiger partial charge in [-0.1, -0.05) is 11.8 Å². The lowest BCUT2D eigenvalue weighted by Crippen LogP contribution is -2.40. The third kappa shape index (κ3) is 4.75. The Kier molecular flexibility index (Phi) is 7.22. The average molecular weight is 535 g/mol. The summed E-state index contributed by atoms with van der Waals surface area (Å²) >= 11 is 1.27. The Balaban J connectivity index is 0.00000304. The number of amidine groups is 1. The summed E-state index contributed by atoms with van der Waals surface area (Å²) in [4.78, 5) is 35.1. The highest BCUT2D eigenvalue weighted by Gasteiger charge is 2.52. The average Bonchev–Trinajstić information content (AvgIpc) is 3.25. The number of anilines is 2. The number of benzene rings is 1. The number of carbonyl (C=O) groups excluding carboxylic acids is 1. The minimum atomic E-state index is -0.811. The number of carbonyl (C=O) groups is 1. The summed E-state index contributed by atoms with van der Waals surface area (Å²) < 4.78 is 32.8. The van der Waals surface area contributed by atoms with E-state index in [0.29, 0.717) is 42.0 Å². The Morgan fingerprint density at radius 3 is 2.67 bits per heavy atom. The van der Waals surface area contributed by atoms with Gasteiger partial charge in [0.25, 0.3) is 5.91 Å². The van der Waals surface area contributed by atoms with Crippen molar-refractivity contribution in [3.8, 4) is 5.88 Å². The highest BCUT2D eigenvalue weighted by molar-refractivity contribution is 8.14. The number of amides is 1. The predicted molar refractivity (Wildman–Crippen MR) is 134 cm³/mol.